The zero-order valence-electron chi connectivity index (χ0n) is 12.1. The third-order valence-electron chi connectivity index (χ3n) is 2.90. The summed E-state index contributed by atoms with van der Waals surface area (Å²) in [6.45, 7) is 1.77. The first kappa shape index (κ1) is 16.3. The number of rotatable bonds is 6. The van der Waals surface area contributed by atoms with Crippen LogP contribution in [0.2, 0.25) is 0 Å². The maximum atomic E-state index is 12.0. The first-order valence-electron chi connectivity index (χ1n) is 6.20. The standard InChI is InChI=1S/C13H20N2O4S/c1-5-12(13(16)14-2)15(20(4,17)18)10-6-8-11(19-3)9-7-10/h6-9,12H,5H2,1-4H3,(H,14,16)/t12-/m0/s1. The smallest absolute Gasteiger partial charge is 0.243 e. The SMILES string of the molecule is CC[C@@H](C(=O)NC)N(c1ccc(OC)cc1)S(C)(=O)=O. The third kappa shape index (κ3) is 3.63. The minimum Gasteiger partial charge on any atom is -0.497 e. The largest absolute Gasteiger partial charge is 0.497 e. The van der Waals surface area contributed by atoms with Crippen LogP contribution in [-0.4, -0.2) is 40.8 Å². The van der Waals surface area contributed by atoms with Crippen LogP contribution in [0.5, 0.6) is 5.75 Å². The molecular weight excluding hydrogens is 280 g/mol. The number of carbonyl (C=O) groups excluding carboxylic acids is 1. The number of nitrogens with zero attached hydrogens (tertiary/aromatic N) is 1. The lowest BCUT2D eigenvalue weighted by molar-refractivity contribution is -0.121. The molecule has 1 N–H and O–H groups in total. The van der Waals surface area contributed by atoms with Crippen molar-refractivity contribution in [3.63, 3.8) is 0 Å². The fourth-order valence-electron chi connectivity index (χ4n) is 1.96. The van der Waals surface area contributed by atoms with E-state index in [0.717, 1.165) is 10.6 Å². The van der Waals surface area contributed by atoms with Gasteiger partial charge in [0.25, 0.3) is 0 Å². The molecule has 0 fully saturated rings. The quantitative estimate of drug-likeness (QED) is 0.850. The van der Waals surface area contributed by atoms with E-state index in [2.05, 4.69) is 5.32 Å². The molecular formula is C13H20N2O4S. The van der Waals surface area contributed by atoms with E-state index in [0.29, 0.717) is 17.9 Å². The van der Waals surface area contributed by atoms with Crippen molar-refractivity contribution in [3.8, 4) is 5.75 Å². The molecule has 7 heteroatoms. The number of nitrogens with one attached hydrogen (secondary N) is 1. The molecule has 0 saturated carbocycles. The summed E-state index contributed by atoms with van der Waals surface area (Å²) in [6, 6.07) is 5.77. The molecule has 0 aromatic heterocycles. The third-order valence-corrected chi connectivity index (χ3v) is 4.08. The van der Waals surface area contributed by atoms with Crippen LogP contribution >= 0.6 is 0 Å². The number of carbonyl (C=O) groups is 1. The summed E-state index contributed by atoms with van der Waals surface area (Å²) >= 11 is 0. The van der Waals surface area contributed by atoms with E-state index in [-0.39, 0.29) is 5.91 Å². The monoisotopic (exact) mass is 300 g/mol. The summed E-state index contributed by atoms with van der Waals surface area (Å²) in [7, 11) is -0.556. The molecule has 6 nitrogen and oxygen atoms in total. The van der Waals surface area contributed by atoms with Gasteiger partial charge in [-0.05, 0) is 30.7 Å². The van der Waals surface area contributed by atoms with Gasteiger partial charge in [0.1, 0.15) is 11.8 Å². The van der Waals surface area contributed by atoms with Crippen molar-refractivity contribution in [2.75, 3.05) is 24.7 Å². The van der Waals surface area contributed by atoms with Crippen molar-refractivity contribution in [3.05, 3.63) is 24.3 Å². The number of likely N-dealkylation sites (N-methyl/N-ethyl adjacent to an activating group) is 1. The van der Waals surface area contributed by atoms with E-state index < -0.39 is 16.1 Å². The van der Waals surface area contributed by atoms with Gasteiger partial charge in [0.2, 0.25) is 15.9 Å². The number of methoxy groups -OCH3 is 1. The number of anilines is 1. The van der Waals surface area contributed by atoms with Gasteiger partial charge in [-0.25, -0.2) is 8.42 Å². The van der Waals surface area contributed by atoms with Crippen molar-refractivity contribution >= 4 is 21.6 Å². The van der Waals surface area contributed by atoms with Crippen LogP contribution in [0, 0.1) is 0 Å². The van der Waals surface area contributed by atoms with E-state index in [4.69, 9.17) is 4.74 Å². The number of sulfonamides is 1. The lowest BCUT2D eigenvalue weighted by Crippen LogP contribution is -2.48. The zero-order valence-corrected chi connectivity index (χ0v) is 12.9. The van der Waals surface area contributed by atoms with Crippen LogP contribution in [0.25, 0.3) is 0 Å². The van der Waals surface area contributed by atoms with Gasteiger partial charge in [-0.3, -0.25) is 9.10 Å². The topological polar surface area (TPSA) is 75.7 Å². The predicted molar refractivity (Wildman–Crippen MR) is 78.5 cm³/mol. The summed E-state index contributed by atoms with van der Waals surface area (Å²) in [5.41, 5.74) is 0.434. The molecule has 0 aliphatic heterocycles. The van der Waals surface area contributed by atoms with Crippen molar-refractivity contribution in [2.24, 2.45) is 0 Å². The Balaban J connectivity index is 3.28. The fraction of sp³-hybridized carbons (Fsp3) is 0.462. The summed E-state index contributed by atoms with van der Waals surface area (Å²) in [5, 5.41) is 2.49. The molecule has 0 bridgehead atoms. The molecule has 1 amide bonds. The van der Waals surface area contributed by atoms with Crippen LogP contribution in [0.15, 0.2) is 24.3 Å². The van der Waals surface area contributed by atoms with E-state index in [1.165, 1.54) is 14.2 Å². The maximum Gasteiger partial charge on any atom is 0.243 e. The summed E-state index contributed by atoms with van der Waals surface area (Å²) in [5.74, 6) is 0.281. The molecule has 1 atom stereocenters. The van der Waals surface area contributed by atoms with Gasteiger partial charge in [-0.2, -0.15) is 0 Å². The summed E-state index contributed by atoms with van der Waals surface area (Å²) in [4.78, 5) is 11.9. The van der Waals surface area contributed by atoms with Crippen molar-refractivity contribution in [1.82, 2.24) is 5.32 Å². The zero-order chi connectivity index (χ0) is 15.3. The highest BCUT2D eigenvalue weighted by Gasteiger charge is 2.30. The van der Waals surface area contributed by atoms with Gasteiger partial charge in [0.15, 0.2) is 0 Å². The number of amides is 1. The molecule has 0 aliphatic rings. The Bertz CT molecular complexity index is 554. The number of ether oxygens (including phenoxy) is 1. The predicted octanol–water partition coefficient (Wildman–Crippen LogP) is 0.986. The Morgan fingerprint density at radius 3 is 2.25 bits per heavy atom. The van der Waals surface area contributed by atoms with Gasteiger partial charge < -0.3 is 10.1 Å². The minimum atomic E-state index is -3.57. The van der Waals surface area contributed by atoms with Gasteiger partial charge in [0.05, 0.1) is 19.1 Å². The molecule has 0 unspecified atom stereocenters. The lowest BCUT2D eigenvalue weighted by atomic mass is 10.2. The van der Waals surface area contributed by atoms with Crippen LogP contribution in [0.1, 0.15) is 13.3 Å². The van der Waals surface area contributed by atoms with Gasteiger partial charge in [-0.1, -0.05) is 6.92 Å². The lowest BCUT2D eigenvalue weighted by Gasteiger charge is -2.29. The summed E-state index contributed by atoms with van der Waals surface area (Å²) < 4.78 is 30.2. The molecule has 0 aliphatic carbocycles. The Morgan fingerprint density at radius 1 is 1.35 bits per heavy atom. The first-order valence-corrected chi connectivity index (χ1v) is 8.05. The number of benzene rings is 1. The van der Waals surface area contributed by atoms with Crippen molar-refractivity contribution < 1.29 is 17.9 Å². The van der Waals surface area contributed by atoms with E-state index in [1.807, 2.05) is 0 Å². The minimum absolute atomic E-state index is 0.339. The second-order valence-corrected chi connectivity index (χ2v) is 6.15. The Hall–Kier alpha value is -1.76. The molecule has 0 saturated heterocycles. The average Bonchev–Trinajstić information content (AvgIpc) is 2.42. The molecule has 0 heterocycles. The molecule has 112 valence electrons. The molecule has 0 radical (unpaired) electrons. The van der Waals surface area contributed by atoms with Crippen LogP contribution in [-0.2, 0) is 14.8 Å². The summed E-state index contributed by atoms with van der Waals surface area (Å²) in [6.07, 6.45) is 1.46. The Labute approximate surface area is 119 Å². The van der Waals surface area contributed by atoms with Crippen LogP contribution in [0.4, 0.5) is 5.69 Å². The second-order valence-electron chi connectivity index (χ2n) is 4.30. The molecule has 1 aromatic carbocycles. The number of hydrogen-bond donors (Lipinski definition) is 1. The van der Waals surface area contributed by atoms with Gasteiger partial charge in [-0.15, -0.1) is 0 Å². The molecule has 20 heavy (non-hydrogen) atoms. The molecule has 0 spiro atoms. The van der Waals surface area contributed by atoms with Crippen molar-refractivity contribution in [1.29, 1.82) is 0 Å². The Morgan fingerprint density at radius 2 is 1.90 bits per heavy atom. The number of hydrogen-bond acceptors (Lipinski definition) is 4. The second kappa shape index (κ2) is 6.60. The maximum absolute atomic E-state index is 12.0. The highest BCUT2D eigenvalue weighted by Crippen LogP contribution is 2.24. The van der Waals surface area contributed by atoms with E-state index >= 15 is 0 Å². The van der Waals surface area contributed by atoms with Gasteiger partial charge in [0, 0.05) is 7.05 Å². The normalized spacial score (nSPS) is 12.6. The fourth-order valence-corrected chi connectivity index (χ4v) is 3.17. The van der Waals surface area contributed by atoms with E-state index in [1.54, 1.807) is 31.2 Å². The highest BCUT2D eigenvalue weighted by molar-refractivity contribution is 7.92. The first-order chi connectivity index (χ1) is 9.35. The van der Waals surface area contributed by atoms with Crippen LogP contribution < -0.4 is 14.4 Å². The molecule has 1 aromatic rings. The van der Waals surface area contributed by atoms with Crippen LogP contribution in [0.3, 0.4) is 0 Å². The highest BCUT2D eigenvalue weighted by atomic mass is 32.2. The Kier molecular flexibility index (Phi) is 5.38. The average molecular weight is 300 g/mol. The van der Waals surface area contributed by atoms with Crippen molar-refractivity contribution in [2.45, 2.75) is 19.4 Å². The van der Waals surface area contributed by atoms with E-state index in [9.17, 15) is 13.2 Å². The van der Waals surface area contributed by atoms with Gasteiger partial charge >= 0.3 is 0 Å². The molecule has 1 rings (SSSR count).